The van der Waals surface area contributed by atoms with Gasteiger partial charge in [-0.3, -0.25) is 0 Å². The quantitative estimate of drug-likeness (QED) is 0.881. The Morgan fingerprint density at radius 3 is 2.89 bits per heavy atom. The first-order valence-electron chi connectivity index (χ1n) is 5.99. The minimum absolute atomic E-state index is 0.301. The summed E-state index contributed by atoms with van der Waals surface area (Å²) in [4.78, 5) is 5.57. The van der Waals surface area contributed by atoms with Crippen molar-refractivity contribution >= 4 is 17.2 Å². The molecule has 1 atom stereocenters. The number of nitriles is 1. The van der Waals surface area contributed by atoms with Crippen LogP contribution in [0.3, 0.4) is 0 Å². The fourth-order valence-electron chi connectivity index (χ4n) is 1.79. The topological polar surface area (TPSA) is 48.7 Å². The van der Waals surface area contributed by atoms with Crippen LogP contribution in [0.5, 0.6) is 0 Å². The van der Waals surface area contributed by atoms with Gasteiger partial charge >= 0.3 is 0 Å². The minimum Gasteiger partial charge on any atom is -0.362 e. The lowest BCUT2D eigenvalue weighted by Gasteiger charge is -2.17. The van der Waals surface area contributed by atoms with Gasteiger partial charge in [0.25, 0.3) is 0 Å². The Morgan fingerprint density at radius 1 is 1.44 bits per heavy atom. The molecule has 92 valence electrons. The van der Waals surface area contributed by atoms with Crippen LogP contribution >= 0.6 is 11.3 Å². The van der Waals surface area contributed by atoms with E-state index in [0.29, 0.717) is 11.6 Å². The summed E-state index contributed by atoms with van der Waals surface area (Å²) in [7, 11) is 0. The summed E-state index contributed by atoms with van der Waals surface area (Å²) < 4.78 is 0. The van der Waals surface area contributed by atoms with Gasteiger partial charge in [0.05, 0.1) is 11.6 Å². The van der Waals surface area contributed by atoms with Gasteiger partial charge in [-0.15, -0.1) is 11.3 Å². The van der Waals surface area contributed by atoms with Gasteiger partial charge in [-0.25, -0.2) is 4.98 Å². The van der Waals surface area contributed by atoms with E-state index in [9.17, 15) is 0 Å². The molecule has 2 rings (SSSR count). The number of anilines is 1. The van der Waals surface area contributed by atoms with Crippen LogP contribution in [-0.4, -0.2) is 4.98 Å². The van der Waals surface area contributed by atoms with Crippen molar-refractivity contribution in [1.29, 1.82) is 5.26 Å². The molecule has 0 saturated heterocycles. The molecule has 0 spiro atoms. The van der Waals surface area contributed by atoms with Gasteiger partial charge in [-0.05, 0) is 30.0 Å². The van der Waals surface area contributed by atoms with Gasteiger partial charge < -0.3 is 5.32 Å². The highest BCUT2D eigenvalue weighted by Gasteiger charge is 2.11. The largest absolute Gasteiger partial charge is 0.362 e. The Hall–Kier alpha value is -1.86. The predicted octanol–water partition coefficient (Wildman–Crippen LogP) is 3.97. The van der Waals surface area contributed by atoms with Crippen molar-refractivity contribution in [3.8, 4) is 6.07 Å². The number of nitrogens with zero attached hydrogens (tertiary/aromatic N) is 2. The van der Waals surface area contributed by atoms with Gasteiger partial charge in [-0.2, -0.15) is 5.26 Å². The molecule has 0 saturated carbocycles. The molecule has 0 aliphatic heterocycles. The number of hydrogen-bond donors (Lipinski definition) is 1. The van der Waals surface area contributed by atoms with Crippen molar-refractivity contribution in [2.75, 3.05) is 5.32 Å². The molecule has 2 aromatic heterocycles. The average Bonchev–Trinajstić information content (AvgIpc) is 2.93. The maximum absolute atomic E-state index is 8.74. The summed E-state index contributed by atoms with van der Waals surface area (Å²) >= 11 is 1.76. The molecule has 18 heavy (non-hydrogen) atoms. The lowest BCUT2D eigenvalue weighted by Crippen LogP contribution is -2.10. The van der Waals surface area contributed by atoms with Crippen LogP contribution in [-0.2, 0) is 0 Å². The van der Waals surface area contributed by atoms with E-state index in [0.717, 1.165) is 18.7 Å². The zero-order valence-electron chi connectivity index (χ0n) is 10.3. The zero-order valence-corrected chi connectivity index (χ0v) is 11.1. The number of thiophene rings is 1. The highest BCUT2D eigenvalue weighted by Crippen LogP contribution is 2.26. The van der Waals surface area contributed by atoms with Crippen LogP contribution in [0, 0.1) is 11.3 Å². The van der Waals surface area contributed by atoms with Gasteiger partial charge in [0, 0.05) is 11.1 Å². The van der Waals surface area contributed by atoms with Crippen LogP contribution in [0.15, 0.2) is 35.8 Å². The van der Waals surface area contributed by atoms with E-state index >= 15 is 0 Å². The second-order valence-electron chi connectivity index (χ2n) is 4.04. The molecule has 2 heterocycles. The molecule has 0 radical (unpaired) electrons. The fourth-order valence-corrected chi connectivity index (χ4v) is 2.60. The van der Waals surface area contributed by atoms with Gasteiger partial charge in [0.2, 0.25) is 0 Å². The van der Waals surface area contributed by atoms with Crippen LogP contribution in [0.25, 0.3) is 0 Å². The molecule has 1 unspecified atom stereocenters. The molecule has 1 N–H and O–H groups in total. The highest BCUT2D eigenvalue weighted by molar-refractivity contribution is 7.10. The van der Waals surface area contributed by atoms with E-state index in [1.807, 2.05) is 6.07 Å². The van der Waals surface area contributed by atoms with Gasteiger partial charge in [-0.1, -0.05) is 19.4 Å². The summed E-state index contributed by atoms with van der Waals surface area (Å²) in [6, 6.07) is 10.2. The standard InChI is InChI=1S/C14H15N3S/c1-2-4-12(13-5-3-8-18-13)17-14-7-6-11(9-15)10-16-14/h3,5-8,10,12H,2,4H2,1H3,(H,16,17). The molecule has 0 amide bonds. The van der Waals surface area contributed by atoms with E-state index in [2.05, 4.69) is 40.8 Å². The van der Waals surface area contributed by atoms with Crippen LogP contribution in [0.1, 0.15) is 36.2 Å². The number of nitrogens with one attached hydrogen (secondary N) is 1. The monoisotopic (exact) mass is 257 g/mol. The van der Waals surface area contributed by atoms with Gasteiger partial charge in [0.1, 0.15) is 11.9 Å². The summed E-state index contributed by atoms with van der Waals surface area (Å²) in [5.41, 5.74) is 0.587. The Kier molecular flexibility index (Phi) is 4.32. The van der Waals surface area contributed by atoms with E-state index in [4.69, 9.17) is 5.26 Å². The third kappa shape index (κ3) is 3.08. The average molecular weight is 257 g/mol. The molecule has 0 aliphatic rings. The lowest BCUT2D eigenvalue weighted by molar-refractivity contribution is 0.684. The SMILES string of the molecule is CCCC(Nc1ccc(C#N)cn1)c1cccs1. The number of pyridine rings is 1. The van der Waals surface area contributed by atoms with E-state index in [1.165, 1.54) is 4.88 Å². The lowest BCUT2D eigenvalue weighted by atomic mass is 10.1. The van der Waals surface area contributed by atoms with E-state index < -0.39 is 0 Å². The van der Waals surface area contributed by atoms with Crippen molar-refractivity contribution in [2.45, 2.75) is 25.8 Å². The Bertz CT molecular complexity index is 511. The third-order valence-corrected chi connectivity index (χ3v) is 3.66. The third-order valence-electron chi connectivity index (χ3n) is 2.68. The molecule has 3 nitrogen and oxygen atoms in total. The van der Waals surface area contributed by atoms with Gasteiger partial charge in [0.15, 0.2) is 0 Å². The first-order chi connectivity index (χ1) is 8.83. The Morgan fingerprint density at radius 2 is 2.33 bits per heavy atom. The number of aromatic nitrogens is 1. The van der Waals surface area contributed by atoms with Crippen molar-refractivity contribution in [2.24, 2.45) is 0 Å². The number of hydrogen-bond acceptors (Lipinski definition) is 4. The normalized spacial score (nSPS) is 11.8. The summed E-state index contributed by atoms with van der Waals surface area (Å²) in [5, 5.41) is 14.2. The first kappa shape index (κ1) is 12.6. The van der Waals surface area contributed by atoms with Crippen LogP contribution in [0.4, 0.5) is 5.82 Å². The predicted molar refractivity (Wildman–Crippen MR) is 74.5 cm³/mol. The maximum atomic E-state index is 8.74. The molecule has 0 aromatic carbocycles. The second-order valence-corrected chi connectivity index (χ2v) is 5.02. The van der Waals surface area contributed by atoms with Crippen molar-refractivity contribution < 1.29 is 0 Å². The van der Waals surface area contributed by atoms with Crippen molar-refractivity contribution in [3.63, 3.8) is 0 Å². The molecule has 0 fully saturated rings. The minimum atomic E-state index is 0.301. The van der Waals surface area contributed by atoms with Crippen molar-refractivity contribution in [3.05, 3.63) is 46.3 Å². The Labute approximate surface area is 111 Å². The maximum Gasteiger partial charge on any atom is 0.126 e. The van der Waals surface area contributed by atoms with Crippen molar-refractivity contribution in [1.82, 2.24) is 4.98 Å². The molecular weight excluding hydrogens is 242 g/mol. The molecule has 0 aliphatic carbocycles. The molecule has 4 heteroatoms. The summed E-state index contributed by atoms with van der Waals surface area (Å²) in [6.07, 6.45) is 3.79. The van der Waals surface area contributed by atoms with Crippen LogP contribution < -0.4 is 5.32 Å². The fraction of sp³-hybridized carbons (Fsp3) is 0.286. The summed E-state index contributed by atoms with van der Waals surface area (Å²) in [6.45, 7) is 2.18. The summed E-state index contributed by atoms with van der Waals surface area (Å²) in [5.74, 6) is 0.820. The zero-order chi connectivity index (χ0) is 12.8. The number of rotatable bonds is 5. The highest BCUT2D eigenvalue weighted by atomic mass is 32.1. The molecular formula is C14H15N3S. The van der Waals surface area contributed by atoms with Crippen LogP contribution in [0.2, 0.25) is 0 Å². The smallest absolute Gasteiger partial charge is 0.126 e. The molecule has 0 bridgehead atoms. The Balaban J connectivity index is 2.11. The molecule has 2 aromatic rings. The van der Waals surface area contributed by atoms with E-state index in [1.54, 1.807) is 23.6 Å². The van der Waals surface area contributed by atoms with E-state index in [-0.39, 0.29) is 0 Å². The first-order valence-corrected chi connectivity index (χ1v) is 6.87. The second kappa shape index (κ2) is 6.18.